The van der Waals surface area contributed by atoms with E-state index in [2.05, 4.69) is 0 Å². The molecule has 0 spiro atoms. The van der Waals surface area contributed by atoms with E-state index in [1.807, 2.05) is 72.8 Å². The van der Waals surface area contributed by atoms with Gasteiger partial charge in [-0.3, -0.25) is 9.59 Å². The maximum absolute atomic E-state index is 12.8. The Kier molecular flexibility index (Phi) is 32.3. The van der Waals surface area contributed by atoms with Crippen molar-refractivity contribution in [2.45, 2.75) is 64.6 Å². The van der Waals surface area contributed by atoms with Crippen LogP contribution in [0.3, 0.4) is 0 Å². The predicted molar refractivity (Wildman–Crippen MR) is 293 cm³/mol. The number of hydrogen-bond donors (Lipinski definition) is 0. The van der Waals surface area contributed by atoms with E-state index in [0.29, 0.717) is 230 Å². The Balaban J connectivity index is 0.831. The van der Waals surface area contributed by atoms with Gasteiger partial charge in [-0.2, -0.15) is 0 Å². The summed E-state index contributed by atoms with van der Waals surface area (Å²) in [6, 6.07) is 25.9. The molecule has 4 aromatic rings. The number of para-hydroxylation sites is 4. The zero-order valence-corrected chi connectivity index (χ0v) is 46.3. The van der Waals surface area contributed by atoms with Crippen LogP contribution in [0.4, 0.5) is 0 Å². The van der Waals surface area contributed by atoms with Gasteiger partial charge in [-0.25, -0.2) is 0 Å². The van der Waals surface area contributed by atoms with Gasteiger partial charge in [-0.15, -0.1) is 0 Å². The van der Waals surface area contributed by atoms with Crippen LogP contribution in [0.25, 0.3) is 0 Å². The monoisotopic (exact) mass is 1120 g/mol. The summed E-state index contributed by atoms with van der Waals surface area (Å²) < 4.78 is 104. The van der Waals surface area contributed by atoms with E-state index in [0.717, 1.165) is 36.8 Å². The molecule has 0 saturated carbocycles. The molecule has 2 heterocycles. The van der Waals surface area contributed by atoms with Crippen molar-refractivity contribution in [3.05, 3.63) is 96.1 Å². The van der Waals surface area contributed by atoms with Gasteiger partial charge >= 0.3 is 11.9 Å². The first-order chi connectivity index (χ1) is 39.6. The van der Waals surface area contributed by atoms with Crippen LogP contribution < -0.4 is 37.9 Å². The summed E-state index contributed by atoms with van der Waals surface area (Å²) in [5.74, 6) is 4.27. The zero-order chi connectivity index (χ0) is 55.6. The number of carbonyl (C=O) groups excluding carboxylic acids is 2. The average molecular weight is 1120 g/mol. The summed E-state index contributed by atoms with van der Waals surface area (Å²) in [6.45, 7) is 9.01. The van der Waals surface area contributed by atoms with Crippen molar-refractivity contribution in [2.24, 2.45) is 0 Å². The molecule has 0 amide bonds. The van der Waals surface area contributed by atoms with Gasteiger partial charge in [0.05, 0.1) is 106 Å². The predicted octanol–water partition coefficient (Wildman–Crippen LogP) is 8.18. The van der Waals surface area contributed by atoms with E-state index < -0.39 is 0 Å². The Labute approximate surface area is 470 Å². The standard InChI is InChI=1S/C60H82O20/c61-59(79-47-49-41-51-45-52(42-49)72-34-26-64-18-22-68-30-38-76-56-12-8-7-11-55(56)75-37-29-67-21-17-63-25-33-71-51)15-5-3-1-2-4-6-16-60(62)80-48-50-43-53-46-54(44-50)74-36-28-66-20-24-70-32-40-78-58-14-10-9-13-57(58)77-39-31-69-23-19-65-27-35-73-53/h7-14,41-46H,1-6,15-40,47-48H2. The van der Waals surface area contributed by atoms with Crippen molar-refractivity contribution in [1.29, 1.82) is 0 Å². The number of ether oxygens (including phenoxy) is 18. The highest BCUT2D eigenvalue weighted by molar-refractivity contribution is 5.69. The summed E-state index contributed by atoms with van der Waals surface area (Å²) >= 11 is 0. The van der Waals surface area contributed by atoms with Gasteiger partial charge in [0.1, 0.15) is 89.1 Å². The maximum atomic E-state index is 12.8. The van der Waals surface area contributed by atoms with Crippen molar-refractivity contribution < 1.29 is 94.9 Å². The molecule has 0 aromatic heterocycles. The van der Waals surface area contributed by atoms with Crippen molar-refractivity contribution in [3.8, 4) is 46.0 Å². The molecule has 0 fully saturated rings. The second-order valence-electron chi connectivity index (χ2n) is 18.1. The van der Waals surface area contributed by atoms with Gasteiger partial charge in [0, 0.05) is 25.0 Å². The Hall–Kier alpha value is -6.10. The molecule has 0 aliphatic carbocycles. The lowest BCUT2D eigenvalue weighted by atomic mass is 10.1. The van der Waals surface area contributed by atoms with Gasteiger partial charge in [0.25, 0.3) is 0 Å². The molecule has 20 heteroatoms. The van der Waals surface area contributed by atoms with Crippen molar-refractivity contribution >= 4 is 11.9 Å². The van der Waals surface area contributed by atoms with Gasteiger partial charge in [-0.1, -0.05) is 49.9 Å². The molecular formula is C60H82O20. The summed E-state index contributed by atoms with van der Waals surface area (Å²) in [4.78, 5) is 25.6. The lowest BCUT2D eigenvalue weighted by Gasteiger charge is -2.13. The van der Waals surface area contributed by atoms with Crippen LogP contribution in [-0.2, 0) is 70.2 Å². The molecule has 6 rings (SSSR count). The van der Waals surface area contributed by atoms with Gasteiger partial charge in [0.15, 0.2) is 23.0 Å². The van der Waals surface area contributed by atoms with Crippen LogP contribution in [0.2, 0.25) is 0 Å². The smallest absolute Gasteiger partial charge is 0.306 e. The second-order valence-corrected chi connectivity index (χ2v) is 18.1. The number of esters is 2. The topological polar surface area (TPSA) is 200 Å². The Morgan fingerprint density at radius 2 is 0.512 bits per heavy atom. The number of carbonyl (C=O) groups is 2. The Morgan fingerprint density at radius 1 is 0.287 bits per heavy atom. The summed E-state index contributed by atoms with van der Waals surface area (Å²) in [5, 5.41) is 0. The first-order valence-electron chi connectivity index (χ1n) is 28.0. The molecule has 0 atom stereocenters. The third-order valence-electron chi connectivity index (χ3n) is 11.8. The first kappa shape index (κ1) is 63.1. The minimum Gasteiger partial charge on any atom is -0.491 e. The SMILES string of the molecule is O=C(CCCCCCCCC(=O)OCc1cc2cc(c1)OCCOCCOCCOc1ccccc1OCCOCCOCCO2)OCc1cc2cc(c1)OCCOCCOCCOc1ccccc1OCCOCCOCCO2. The van der Waals surface area contributed by atoms with Crippen molar-refractivity contribution in [3.63, 3.8) is 0 Å². The summed E-state index contributed by atoms with van der Waals surface area (Å²) in [5.41, 5.74) is 1.46. The molecule has 4 aromatic carbocycles. The zero-order valence-electron chi connectivity index (χ0n) is 46.3. The molecule has 20 nitrogen and oxygen atoms in total. The third kappa shape index (κ3) is 28.4. The second kappa shape index (κ2) is 41.0. The van der Waals surface area contributed by atoms with Crippen LogP contribution in [-0.4, -0.2) is 171 Å². The van der Waals surface area contributed by atoms with Crippen LogP contribution in [0, 0.1) is 0 Å². The molecule has 0 N–H and O–H groups in total. The molecule has 0 radical (unpaired) electrons. The molecule has 442 valence electrons. The van der Waals surface area contributed by atoms with Crippen LogP contribution >= 0.6 is 0 Å². The average Bonchev–Trinajstić information content (AvgIpc) is 3.46. The van der Waals surface area contributed by atoms with Crippen molar-refractivity contribution in [2.75, 3.05) is 159 Å². The van der Waals surface area contributed by atoms with E-state index >= 15 is 0 Å². The fourth-order valence-corrected chi connectivity index (χ4v) is 7.86. The normalized spacial score (nSPS) is 17.1. The van der Waals surface area contributed by atoms with E-state index in [9.17, 15) is 9.59 Å². The highest BCUT2D eigenvalue weighted by Crippen LogP contribution is 2.29. The van der Waals surface area contributed by atoms with Crippen LogP contribution in [0.15, 0.2) is 84.9 Å². The Morgan fingerprint density at radius 3 is 0.775 bits per heavy atom. The van der Waals surface area contributed by atoms with Gasteiger partial charge < -0.3 is 85.3 Å². The molecule has 2 aliphatic rings. The minimum atomic E-state index is -0.281. The lowest BCUT2D eigenvalue weighted by molar-refractivity contribution is -0.146. The van der Waals surface area contributed by atoms with E-state index in [1.54, 1.807) is 12.1 Å². The number of unbranched alkanes of at least 4 members (excludes halogenated alkanes) is 5. The first-order valence-corrected chi connectivity index (χ1v) is 28.0. The number of fused-ring (bicyclic) bond motifs is 6. The number of benzene rings is 4. The fraction of sp³-hybridized carbons (Fsp3) is 0.567. The lowest BCUT2D eigenvalue weighted by Crippen LogP contribution is -2.14. The van der Waals surface area contributed by atoms with Crippen LogP contribution in [0.5, 0.6) is 46.0 Å². The molecule has 80 heavy (non-hydrogen) atoms. The van der Waals surface area contributed by atoms with E-state index in [-0.39, 0.29) is 25.2 Å². The largest absolute Gasteiger partial charge is 0.491 e. The summed E-state index contributed by atoms with van der Waals surface area (Å²) in [7, 11) is 0. The molecular weight excluding hydrogens is 1040 g/mol. The fourth-order valence-electron chi connectivity index (χ4n) is 7.86. The number of hydrogen-bond acceptors (Lipinski definition) is 20. The molecule has 2 aliphatic heterocycles. The highest BCUT2D eigenvalue weighted by Gasteiger charge is 2.12. The number of rotatable bonds is 13. The minimum absolute atomic E-state index is 0.0699. The van der Waals surface area contributed by atoms with Gasteiger partial charge in [0.2, 0.25) is 0 Å². The van der Waals surface area contributed by atoms with E-state index in [1.165, 1.54) is 0 Å². The van der Waals surface area contributed by atoms with Crippen molar-refractivity contribution in [1.82, 2.24) is 0 Å². The molecule has 4 bridgehead atoms. The van der Waals surface area contributed by atoms with Gasteiger partial charge in [-0.05, 0) is 72.5 Å². The van der Waals surface area contributed by atoms with E-state index in [4.69, 9.17) is 85.3 Å². The quantitative estimate of drug-likeness (QED) is 0.0915. The highest BCUT2D eigenvalue weighted by atomic mass is 16.6. The van der Waals surface area contributed by atoms with Crippen LogP contribution in [0.1, 0.15) is 62.5 Å². The summed E-state index contributed by atoms with van der Waals surface area (Å²) in [6.07, 6.45) is 5.61. The Bertz CT molecular complexity index is 2000. The molecule has 0 saturated heterocycles. The molecule has 0 unspecified atom stereocenters. The third-order valence-corrected chi connectivity index (χ3v) is 11.8. The maximum Gasteiger partial charge on any atom is 0.306 e.